The standard InChI is InChI=1S/C21H19BrN4O3/c1-13-24-20(25-29-13)15-5-3-7-18(9-15)26-12-16(10-19(26)27)21(28)23-11-14-4-2-6-17(22)8-14/h2-9,16H,10-12H2,1H3,(H,23,28)/t16-/m0/s1. The number of aromatic nitrogens is 2. The van der Waals surface area contributed by atoms with Gasteiger partial charge in [0.25, 0.3) is 0 Å². The van der Waals surface area contributed by atoms with Crippen LogP contribution in [0.2, 0.25) is 0 Å². The van der Waals surface area contributed by atoms with Crippen molar-refractivity contribution in [1.82, 2.24) is 15.5 Å². The van der Waals surface area contributed by atoms with E-state index < -0.39 is 0 Å². The van der Waals surface area contributed by atoms with E-state index in [4.69, 9.17) is 4.52 Å². The molecule has 4 rings (SSSR count). The number of nitrogens with one attached hydrogen (secondary N) is 1. The molecule has 3 aromatic rings. The number of carbonyl (C=O) groups excluding carboxylic acids is 2. The van der Waals surface area contributed by atoms with Crippen molar-refractivity contribution in [3.8, 4) is 11.4 Å². The molecule has 1 N–H and O–H groups in total. The number of benzene rings is 2. The van der Waals surface area contributed by atoms with Gasteiger partial charge in [-0.25, -0.2) is 0 Å². The molecule has 1 aliphatic heterocycles. The van der Waals surface area contributed by atoms with E-state index in [2.05, 4.69) is 31.4 Å². The molecule has 0 radical (unpaired) electrons. The first-order chi connectivity index (χ1) is 14.0. The third kappa shape index (κ3) is 4.37. The summed E-state index contributed by atoms with van der Waals surface area (Å²) in [5.41, 5.74) is 2.48. The van der Waals surface area contributed by atoms with Gasteiger partial charge in [-0.2, -0.15) is 4.98 Å². The predicted octanol–water partition coefficient (Wildman–Crippen LogP) is 3.48. The van der Waals surface area contributed by atoms with E-state index >= 15 is 0 Å². The molecule has 2 aromatic carbocycles. The number of rotatable bonds is 5. The van der Waals surface area contributed by atoms with Crippen LogP contribution in [0.4, 0.5) is 5.69 Å². The molecule has 1 aromatic heterocycles. The van der Waals surface area contributed by atoms with Crippen molar-refractivity contribution in [2.24, 2.45) is 5.92 Å². The van der Waals surface area contributed by atoms with Gasteiger partial charge in [0.1, 0.15) is 0 Å². The Hall–Kier alpha value is -3.00. The van der Waals surface area contributed by atoms with Crippen LogP contribution in [0.15, 0.2) is 57.5 Å². The van der Waals surface area contributed by atoms with E-state index in [0.717, 1.165) is 21.3 Å². The van der Waals surface area contributed by atoms with E-state index in [1.807, 2.05) is 48.5 Å². The summed E-state index contributed by atoms with van der Waals surface area (Å²) in [6, 6.07) is 15.1. The van der Waals surface area contributed by atoms with Crippen LogP contribution in [0, 0.1) is 12.8 Å². The second kappa shape index (κ2) is 8.16. The normalized spacial score (nSPS) is 16.3. The molecule has 148 valence electrons. The highest BCUT2D eigenvalue weighted by molar-refractivity contribution is 9.10. The number of anilines is 1. The van der Waals surface area contributed by atoms with Crippen molar-refractivity contribution in [2.75, 3.05) is 11.4 Å². The average Bonchev–Trinajstić information content (AvgIpc) is 3.32. The third-order valence-electron chi connectivity index (χ3n) is 4.80. The number of nitrogens with zero attached hydrogens (tertiary/aromatic N) is 3. The number of carbonyl (C=O) groups is 2. The predicted molar refractivity (Wildman–Crippen MR) is 111 cm³/mol. The lowest BCUT2D eigenvalue weighted by Crippen LogP contribution is -2.32. The second-order valence-corrected chi connectivity index (χ2v) is 7.86. The summed E-state index contributed by atoms with van der Waals surface area (Å²) in [5, 5.41) is 6.85. The summed E-state index contributed by atoms with van der Waals surface area (Å²) in [4.78, 5) is 31.0. The lowest BCUT2D eigenvalue weighted by atomic mass is 10.1. The second-order valence-electron chi connectivity index (χ2n) is 6.94. The van der Waals surface area contributed by atoms with E-state index in [0.29, 0.717) is 24.8 Å². The lowest BCUT2D eigenvalue weighted by Gasteiger charge is -2.17. The molecular weight excluding hydrogens is 436 g/mol. The maximum atomic E-state index is 12.6. The molecule has 1 atom stereocenters. The molecular formula is C21H19BrN4O3. The van der Waals surface area contributed by atoms with Gasteiger partial charge in [-0.15, -0.1) is 0 Å². The van der Waals surface area contributed by atoms with E-state index in [-0.39, 0.29) is 24.2 Å². The van der Waals surface area contributed by atoms with Crippen molar-refractivity contribution >= 4 is 33.4 Å². The van der Waals surface area contributed by atoms with E-state index in [1.54, 1.807) is 11.8 Å². The maximum Gasteiger partial charge on any atom is 0.227 e. The van der Waals surface area contributed by atoms with Gasteiger partial charge in [-0.1, -0.05) is 45.4 Å². The average molecular weight is 455 g/mol. The fourth-order valence-corrected chi connectivity index (χ4v) is 3.79. The van der Waals surface area contributed by atoms with Crippen LogP contribution in [0.3, 0.4) is 0 Å². The molecule has 8 heteroatoms. The van der Waals surface area contributed by atoms with Gasteiger partial charge in [-0.3, -0.25) is 9.59 Å². The summed E-state index contributed by atoms with van der Waals surface area (Å²) in [6.45, 7) is 2.50. The number of halogens is 1. The molecule has 1 aliphatic rings. The Morgan fingerprint density at radius 1 is 1.28 bits per heavy atom. The fourth-order valence-electron chi connectivity index (χ4n) is 3.34. The molecule has 2 amide bonds. The lowest BCUT2D eigenvalue weighted by molar-refractivity contribution is -0.126. The Morgan fingerprint density at radius 3 is 2.86 bits per heavy atom. The van der Waals surface area contributed by atoms with Crippen molar-refractivity contribution in [2.45, 2.75) is 19.9 Å². The highest BCUT2D eigenvalue weighted by atomic mass is 79.9. The quantitative estimate of drug-likeness (QED) is 0.637. The van der Waals surface area contributed by atoms with Crippen LogP contribution in [0.5, 0.6) is 0 Å². The molecule has 2 heterocycles. The fraction of sp³-hybridized carbons (Fsp3) is 0.238. The summed E-state index contributed by atoms with van der Waals surface area (Å²) in [5.74, 6) is 0.370. The van der Waals surface area contributed by atoms with Crippen molar-refractivity contribution < 1.29 is 14.1 Å². The SMILES string of the molecule is Cc1nc(-c2cccc(N3C[C@@H](C(=O)NCc4cccc(Br)c4)CC3=O)c2)no1. The number of hydrogen-bond acceptors (Lipinski definition) is 5. The first-order valence-electron chi connectivity index (χ1n) is 9.23. The smallest absolute Gasteiger partial charge is 0.227 e. The van der Waals surface area contributed by atoms with Crippen molar-refractivity contribution in [1.29, 1.82) is 0 Å². The van der Waals surface area contributed by atoms with Gasteiger partial charge in [0.05, 0.1) is 5.92 Å². The Bertz CT molecular complexity index is 1070. The molecule has 29 heavy (non-hydrogen) atoms. The monoisotopic (exact) mass is 454 g/mol. The summed E-state index contributed by atoms with van der Waals surface area (Å²) < 4.78 is 5.99. The van der Waals surface area contributed by atoms with Crippen LogP contribution in [0.1, 0.15) is 17.9 Å². The zero-order chi connectivity index (χ0) is 20.4. The first kappa shape index (κ1) is 19.3. The number of hydrogen-bond donors (Lipinski definition) is 1. The molecule has 1 fully saturated rings. The largest absolute Gasteiger partial charge is 0.352 e. The topological polar surface area (TPSA) is 88.3 Å². The Kier molecular flexibility index (Phi) is 5.44. The molecule has 0 aliphatic carbocycles. The van der Waals surface area contributed by atoms with E-state index in [1.165, 1.54) is 0 Å². The number of aryl methyl sites for hydroxylation is 1. The summed E-state index contributed by atoms with van der Waals surface area (Å²) in [7, 11) is 0. The minimum atomic E-state index is -0.384. The van der Waals surface area contributed by atoms with Crippen molar-refractivity contribution in [3.63, 3.8) is 0 Å². The summed E-state index contributed by atoms with van der Waals surface area (Å²) in [6.07, 6.45) is 0.190. The zero-order valence-corrected chi connectivity index (χ0v) is 17.3. The van der Waals surface area contributed by atoms with Gasteiger partial charge in [0, 0.05) is 42.2 Å². The van der Waals surface area contributed by atoms with Crippen LogP contribution in [-0.2, 0) is 16.1 Å². The molecule has 0 unspecified atom stereocenters. The minimum absolute atomic E-state index is 0.0750. The molecule has 7 nitrogen and oxygen atoms in total. The van der Waals surface area contributed by atoms with Gasteiger partial charge < -0.3 is 14.7 Å². The van der Waals surface area contributed by atoms with Crippen LogP contribution < -0.4 is 10.2 Å². The minimum Gasteiger partial charge on any atom is -0.352 e. The Morgan fingerprint density at radius 2 is 2.10 bits per heavy atom. The Balaban J connectivity index is 1.43. The number of amides is 2. The van der Waals surface area contributed by atoms with Crippen LogP contribution in [-0.4, -0.2) is 28.5 Å². The van der Waals surface area contributed by atoms with Gasteiger partial charge in [0.15, 0.2) is 0 Å². The molecule has 1 saturated heterocycles. The summed E-state index contributed by atoms with van der Waals surface area (Å²) >= 11 is 3.42. The first-order valence-corrected chi connectivity index (χ1v) is 10.0. The van der Waals surface area contributed by atoms with Gasteiger partial charge >= 0.3 is 0 Å². The van der Waals surface area contributed by atoms with Crippen molar-refractivity contribution in [3.05, 3.63) is 64.5 Å². The highest BCUT2D eigenvalue weighted by Crippen LogP contribution is 2.28. The molecule has 0 spiro atoms. The van der Waals surface area contributed by atoms with Gasteiger partial charge in [0.2, 0.25) is 23.5 Å². The molecule has 0 saturated carbocycles. The molecule has 0 bridgehead atoms. The highest BCUT2D eigenvalue weighted by Gasteiger charge is 2.35. The Labute approximate surface area is 176 Å². The zero-order valence-electron chi connectivity index (χ0n) is 15.8. The maximum absolute atomic E-state index is 12.6. The van der Waals surface area contributed by atoms with Crippen LogP contribution >= 0.6 is 15.9 Å². The van der Waals surface area contributed by atoms with Gasteiger partial charge in [-0.05, 0) is 29.8 Å². The third-order valence-corrected chi connectivity index (χ3v) is 5.29. The van der Waals surface area contributed by atoms with Crippen LogP contribution in [0.25, 0.3) is 11.4 Å². The van der Waals surface area contributed by atoms with E-state index in [9.17, 15) is 9.59 Å².